The molecule has 3 heteroatoms. The first-order chi connectivity index (χ1) is 10.5. The third kappa shape index (κ3) is 7.44. The Hall–Kier alpha value is -0.830. The van der Waals surface area contributed by atoms with Gasteiger partial charge in [0.15, 0.2) is 0 Å². The Bertz CT molecular complexity index is 362. The second kappa shape index (κ2) is 10.0. The van der Waals surface area contributed by atoms with Crippen molar-refractivity contribution in [3.05, 3.63) is 11.6 Å². The maximum Gasteiger partial charge on any atom is 0.309 e. The number of carbonyl (C=O) groups is 1. The number of esters is 1. The zero-order chi connectivity index (χ0) is 16.4. The van der Waals surface area contributed by atoms with E-state index in [9.17, 15) is 9.90 Å². The molecule has 128 valence electrons. The molecule has 3 nitrogen and oxygen atoms in total. The van der Waals surface area contributed by atoms with E-state index in [-0.39, 0.29) is 12.4 Å². The molecule has 0 saturated heterocycles. The molecule has 2 unspecified atom stereocenters. The van der Waals surface area contributed by atoms with E-state index >= 15 is 0 Å². The van der Waals surface area contributed by atoms with Crippen molar-refractivity contribution < 1.29 is 14.6 Å². The molecule has 1 N–H and O–H groups in total. The number of rotatable bonds is 10. The molecule has 0 fully saturated rings. The second-order valence-electron chi connectivity index (χ2n) is 6.90. The molecule has 1 aliphatic rings. The number of aliphatic hydroxyl groups is 1. The number of carbonyl (C=O) groups excluding carboxylic acids is 1. The molecule has 0 radical (unpaired) electrons. The molecular formula is C19H34O3. The van der Waals surface area contributed by atoms with Crippen molar-refractivity contribution in [2.75, 3.05) is 6.61 Å². The fraction of sp³-hybridized carbons (Fsp3) is 0.842. The van der Waals surface area contributed by atoms with Crippen LogP contribution in [0.15, 0.2) is 11.6 Å². The smallest absolute Gasteiger partial charge is 0.309 e. The van der Waals surface area contributed by atoms with Crippen molar-refractivity contribution in [3.8, 4) is 0 Å². The highest BCUT2D eigenvalue weighted by molar-refractivity contribution is 5.71. The van der Waals surface area contributed by atoms with Crippen LogP contribution in [0.2, 0.25) is 0 Å². The normalized spacial score (nSPS) is 23.0. The minimum absolute atomic E-state index is 0.0925. The van der Waals surface area contributed by atoms with E-state index in [4.69, 9.17) is 4.74 Å². The van der Waals surface area contributed by atoms with Crippen molar-refractivity contribution in [2.45, 2.75) is 90.6 Å². The lowest BCUT2D eigenvalue weighted by Crippen LogP contribution is -2.33. The molecule has 0 amide bonds. The summed E-state index contributed by atoms with van der Waals surface area (Å²) in [6, 6.07) is 0. The van der Waals surface area contributed by atoms with Crippen molar-refractivity contribution in [1.82, 2.24) is 0 Å². The Balaban J connectivity index is 2.46. The van der Waals surface area contributed by atoms with E-state index in [1.54, 1.807) is 6.92 Å². The summed E-state index contributed by atoms with van der Waals surface area (Å²) in [5.41, 5.74) is 0.336. The maximum absolute atomic E-state index is 11.6. The summed E-state index contributed by atoms with van der Waals surface area (Å²) >= 11 is 0. The summed E-state index contributed by atoms with van der Waals surface area (Å²) in [5, 5.41) is 10.6. The summed E-state index contributed by atoms with van der Waals surface area (Å²) in [5.74, 6) is 0.364. The first-order valence-corrected chi connectivity index (χ1v) is 9.07. The lowest BCUT2D eigenvalue weighted by molar-refractivity contribution is -0.147. The topological polar surface area (TPSA) is 46.5 Å². The lowest BCUT2D eigenvalue weighted by Gasteiger charge is -2.30. The molecule has 1 aliphatic carbocycles. The molecule has 0 bridgehead atoms. The minimum atomic E-state index is -0.984. The molecule has 0 aromatic rings. The van der Waals surface area contributed by atoms with Crippen molar-refractivity contribution in [3.63, 3.8) is 0 Å². The summed E-state index contributed by atoms with van der Waals surface area (Å²) < 4.78 is 4.97. The summed E-state index contributed by atoms with van der Waals surface area (Å²) in [6.45, 7) is 6.71. The fourth-order valence-corrected chi connectivity index (χ4v) is 3.38. The Labute approximate surface area is 136 Å². The Morgan fingerprint density at radius 2 is 2.14 bits per heavy atom. The average Bonchev–Trinajstić information content (AvgIpc) is 2.43. The molecule has 22 heavy (non-hydrogen) atoms. The van der Waals surface area contributed by atoms with Crippen LogP contribution < -0.4 is 0 Å². The van der Waals surface area contributed by atoms with Crippen molar-refractivity contribution in [2.24, 2.45) is 5.92 Å². The van der Waals surface area contributed by atoms with E-state index in [2.05, 4.69) is 13.8 Å². The average molecular weight is 310 g/mol. The number of unbranched alkanes of at least 4 members (excludes halogenated alkanes) is 3. The molecule has 0 aromatic carbocycles. The first-order valence-electron chi connectivity index (χ1n) is 9.07. The Kier molecular flexibility index (Phi) is 8.77. The third-order valence-electron chi connectivity index (χ3n) is 4.50. The number of allylic oxidation sites excluding steroid dienone is 1. The van der Waals surface area contributed by atoms with Crippen molar-refractivity contribution in [1.29, 1.82) is 0 Å². The number of hydrogen-bond donors (Lipinski definition) is 1. The molecule has 0 heterocycles. The predicted molar refractivity (Wildman–Crippen MR) is 90.7 cm³/mol. The van der Waals surface area contributed by atoms with Crippen LogP contribution in [0.4, 0.5) is 0 Å². The zero-order valence-corrected chi connectivity index (χ0v) is 14.7. The summed E-state index contributed by atoms with van der Waals surface area (Å²) in [4.78, 5) is 11.6. The largest absolute Gasteiger partial charge is 0.466 e. The SMILES string of the molecule is CCCCCCC(C)CC1=CC(O)(CC(=O)OCC)CCC1. The van der Waals surface area contributed by atoms with Crippen LogP contribution in [0.5, 0.6) is 0 Å². The highest BCUT2D eigenvalue weighted by Gasteiger charge is 2.31. The van der Waals surface area contributed by atoms with Gasteiger partial charge in [-0.1, -0.05) is 57.6 Å². The van der Waals surface area contributed by atoms with Gasteiger partial charge in [-0.3, -0.25) is 4.79 Å². The highest BCUT2D eigenvalue weighted by atomic mass is 16.5. The van der Waals surface area contributed by atoms with Gasteiger partial charge in [-0.2, -0.15) is 0 Å². The van der Waals surface area contributed by atoms with E-state index in [1.807, 2.05) is 6.08 Å². The van der Waals surface area contributed by atoms with Gasteiger partial charge in [0, 0.05) is 0 Å². The van der Waals surface area contributed by atoms with Crippen LogP contribution in [0, 0.1) is 5.92 Å². The molecule has 0 spiro atoms. The monoisotopic (exact) mass is 310 g/mol. The molecule has 0 aliphatic heterocycles. The molecule has 2 atom stereocenters. The van der Waals surface area contributed by atoms with E-state index in [0.29, 0.717) is 18.9 Å². The van der Waals surface area contributed by atoms with Gasteiger partial charge in [0.05, 0.1) is 18.6 Å². The third-order valence-corrected chi connectivity index (χ3v) is 4.50. The fourth-order valence-electron chi connectivity index (χ4n) is 3.38. The second-order valence-corrected chi connectivity index (χ2v) is 6.90. The van der Waals surface area contributed by atoms with Gasteiger partial charge in [-0.15, -0.1) is 0 Å². The van der Waals surface area contributed by atoms with Gasteiger partial charge >= 0.3 is 5.97 Å². The number of ether oxygens (including phenoxy) is 1. The lowest BCUT2D eigenvalue weighted by atomic mass is 9.81. The molecule has 1 rings (SSSR count). The van der Waals surface area contributed by atoms with Crippen LogP contribution in [0.3, 0.4) is 0 Å². The van der Waals surface area contributed by atoms with Crippen LogP contribution in [0.1, 0.15) is 85.0 Å². The summed E-state index contributed by atoms with van der Waals surface area (Å²) in [6.07, 6.45) is 12.3. The van der Waals surface area contributed by atoms with E-state index < -0.39 is 5.60 Å². The van der Waals surface area contributed by atoms with E-state index in [1.165, 1.54) is 37.7 Å². The molecular weight excluding hydrogens is 276 g/mol. The van der Waals surface area contributed by atoms with Crippen LogP contribution >= 0.6 is 0 Å². The first kappa shape index (κ1) is 19.2. The van der Waals surface area contributed by atoms with Crippen molar-refractivity contribution >= 4 is 5.97 Å². The van der Waals surface area contributed by atoms with Gasteiger partial charge in [0.2, 0.25) is 0 Å². The van der Waals surface area contributed by atoms with Gasteiger partial charge in [0.25, 0.3) is 0 Å². The maximum atomic E-state index is 11.6. The van der Waals surface area contributed by atoms with Gasteiger partial charge in [0.1, 0.15) is 0 Å². The van der Waals surface area contributed by atoms with Gasteiger partial charge < -0.3 is 9.84 Å². The van der Waals surface area contributed by atoms with Crippen LogP contribution in [-0.2, 0) is 9.53 Å². The predicted octanol–water partition coefficient (Wildman–Crippen LogP) is 4.78. The van der Waals surface area contributed by atoms with Gasteiger partial charge in [-0.25, -0.2) is 0 Å². The Morgan fingerprint density at radius 1 is 1.36 bits per heavy atom. The quantitative estimate of drug-likeness (QED) is 0.359. The highest BCUT2D eigenvalue weighted by Crippen LogP contribution is 2.33. The number of hydrogen-bond acceptors (Lipinski definition) is 3. The standard InChI is InChI=1S/C19H34O3/c1-4-6-7-8-10-16(3)13-17-11-9-12-19(21,14-17)15-18(20)22-5-2/h14,16,21H,4-13,15H2,1-3H3. The summed E-state index contributed by atoms with van der Waals surface area (Å²) in [7, 11) is 0. The van der Waals surface area contributed by atoms with Crippen LogP contribution in [0.25, 0.3) is 0 Å². The molecule has 0 aromatic heterocycles. The minimum Gasteiger partial charge on any atom is -0.466 e. The van der Waals surface area contributed by atoms with E-state index in [0.717, 1.165) is 19.3 Å². The zero-order valence-electron chi connectivity index (χ0n) is 14.7. The Morgan fingerprint density at radius 3 is 2.82 bits per heavy atom. The van der Waals surface area contributed by atoms with Gasteiger partial charge in [-0.05, 0) is 38.5 Å². The van der Waals surface area contributed by atoms with Crippen LogP contribution in [-0.4, -0.2) is 23.3 Å². The molecule has 0 saturated carbocycles.